The van der Waals surface area contributed by atoms with Crippen molar-refractivity contribution in [1.82, 2.24) is 0 Å². The van der Waals surface area contributed by atoms with E-state index in [0.29, 0.717) is 0 Å². The van der Waals surface area contributed by atoms with Gasteiger partial charge in [0.1, 0.15) is 5.56 Å². The minimum absolute atomic E-state index is 0.164. The van der Waals surface area contributed by atoms with Gasteiger partial charge in [-0.1, -0.05) is 0 Å². The highest BCUT2D eigenvalue weighted by Gasteiger charge is 2.14. The minimum Gasteiger partial charge on any atom is -0.625 e. The van der Waals surface area contributed by atoms with Gasteiger partial charge in [-0.3, -0.25) is 0 Å². The van der Waals surface area contributed by atoms with Crippen LogP contribution in [0.2, 0.25) is 0 Å². The van der Waals surface area contributed by atoms with Crippen molar-refractivity contribution in [3.05, 3.63) is 28.9 Å². The van der Waals surface area contributed by atoms with Crippen molar-refractivity contribution < 1.29 is 19.1 Å². The third kappa shape index (κ3) is 1.45. The lowest BCUT2D eigenvalue weighted by Gasteiger charge is -1.93. The average Bonchev–Trinajstić information content (AvgIpc) is 2.52. The van der Waals surface area contributed by atoms with Gasteiger partial charge >= 0.3 is 5.97 Å². The summed E-state index contributed by atoms with van der Waals surface area (Å²) in [4.78, 5) is 10.9. The van der Waals surface area contributed by atoms with Crippen molar-refractivity contribution in [1.29, 1.82) is 0 Å². The molecule has 64 valence electrons. The van der Waals surface area contributed by atoms with Crippen molar-refractivity contribution in [3.63, 3.8) is 0 Å². The number of hydrogen-bond donors (Lipinski definition) is 1. The Bertz CT molecular complexity index is 302. The molecule has 0 saturated heterocycles. The van der Waals surface area contributed by atoms with E-state index in [1.165, 1.54) is 24.6 Å². The third-order valence-electron chi connectivity index (χ3n) is 1.29. The van der Waals surface area contributed by atoms with Gasteiger partial charge in [0.15, 0.2) is 0 Å². The van der Waals surface area contributed by atoms with Gasteiger partial charge in [-0.15, -0.1) is 0 Å². The number of furan rings is 1. The molecule has 0 bridgehead atoms. The molecule has 0 aromatic carbocycles. The molecule has 1 rings (SSSR count). The fourth-order valence-corrected chi connectivity index (χ4v) is 0.765. The van der Waals surface area contributed by atoms with Gasteiger partial charge in [0, 0.05) is 0 Å². The standard InChI is InChI=1S/C7H7NO4/c1-11-7(9)5-2-3-12-6(5)4-8-10/h2-4,8H,1H3. The second-order valence-corrected chi connectivity index (χ2v) is 1.95. The maximum atomic E-state index is 10.9. The highest BCUT2D eigenvalue weighted by Crippen LogP contribution is 2.07. The fourth-order valence-electron chi connectivity index (χ4n) is 0.765. The van der Waals surface area contributed by atoms with Crippen LogP contribution in [0.5, 0.6) is 0 Å². The normalized spacial score (nSPS) is 10.4. The molecule has 5 nitrogen and oxygen atoms in total. The zero-order valence-electron chi connectivity index (χ0n) is 6.37. The number of hydrogen-bond acceptors (Lipinski definition) is 4. The van der Waals surface area contributed by atoms with E-state index in [4.69, 9.17) is 4.42 Å². The van der Waals surface area contributed by atoms with Gasteiger partial charge in [-0.25, -0.2) is 9.95 Å². The molecule has 0 fully saturated rings. The molecule has 0 atom stereocenters. The first kappa shape index (κ1) is 8.32. The molecule has 1 aromatic rings. The molecule has 0 aliphatic carbocycles. The summed E-state index contributed by atoms with van der Waals surface area (Å²) in [7, 11) is 1.25. The second-order valence-electron chi connectivity index (χ2n) is 1.95. The summed E-state index contributed by atoms with van der Waals surface area (Å²) < 4.78 is 9.24. The SMILES string of the molecule is COC(=O)c1ccoc1C=[NH+][O-]. The van der Waals surface area contributed by atoms with E-state index >= 15 is 0 Å². The Labute approximate surface area is 68.2 Å². The van der Waals surface area contributed by atoms with Gasteiger partial charge in [-0.2, -0.15) is 0 Å². The lowest BCUT2D eigenvalue weighted by Crippen LogP contribution is -2.60. The van der Waals surface area contributed by atoms with E-state index < -0.39 is 5.97 Å². The van der Waals surface area contributed by atoms with Gasteiger partial charge in [0.25, 0.3) is 0 Å². The number of carbonyl (C=O) groups excluding carboxylic acids is 1. The highest BCUT2D eigenvalue weighted by atomic mass is 16.5. The Morgan fingerprint density at radius 3 is 3.17 bits per heavy atom. The Morgan fingerprint density at radius 1 is 1.83 bits per heavy atom. The molecule has 0 aliphatic rings. The summed E-state index contributed by atoms with van der Waals surface area (Å²) >= 11 is 0. The smallest absolute Gasteiger partial charge is 0.342 e. The van der Waals surface area contributed by atoms with E-state index in [0.717, 1.165) is 6.21 Å². The fraction of sp³-hybridized carbons (Fsp3) is 0.143. The van der Waals surface area contributed by atoms with Crippen LogP contribution in [-0.2, 0) is 4.74 Å². The molecule has 12 heavy (non-hydrogen) atoms. The van der Waals surface area contributed by atoms with Gasteiger partial charge in [-0.05, 0) is 6.07 Å². The molecule has 0 amide bonds. The van der Waals surface area contributed by atoms with Crippen LogP contribution in [-0.4, -0.2) is 19.3 Å². The molecule has 0 unspecified atom stereocenters. The van der Waals surface area contributed by atoms with Crippen LogP contribution in [0.3, 0.4) is 0 Å². The quantitative estimate of drug-likeness (QED) is 0.268. The number of methoxy groups -OCH3 is 1. The number of carbonyl (C=O) groups is 1. The van der Waals surface area contributed by atoms with Crippen molar-refractivity contribution in [2.75, 3.05) is 7.11 Å². The molecular weight excluding hydrogens is 162 g/mol. The van der Waals surface area contributed by atoms with Crippen molar-refractivity contribution >= 4 is 12.2 Å². The summed E-state index contributed by atoms with van der Waals surface area (Å²) in [6, 6.07) is 1.43. The lowest BCUT2D eigenvalue weighted by atomic mass is 10.2. The van der Waals surface area contributed by atoms with Crippen molar-refractivity contribution in [2.24, 2.45) is 0 Å². The highest BCUT2D eigenvalue weighted by molar-refractivity contribution is 5.96. The number of esters is 1. The van der Waals surface area contributed by atoms with Crippen LogP contribution >= 0.6 is 0 Å². The van der Waals surface area contributed by atoms with Crippen LogP contribution in [0.25, 0.3) is 0 Å². The molecular formula is C7H7NO4. The summed E-state index contributed by atoms with van der Waals surface area (Å²) in [6.07, 6.45) is 2.34. The molecule has 0 radical (unpaired) electrons. The Morgan fingerprint density at radius 2 is 2.58 bits per heavy atom. The maximum Gasteiger partial charge on any atom is 0.342 e. The van der Waals surface area contributed by atoms with Crippen LogP contribution in [0.15, 0.2) is 16.7 Å². The first-order valence-electron chi connectivity index (χ1n) is 3.16. The van der Waals surface area contributed by atoms with E-state index in [2.05, 4.69) is 4.74 Å². The largest absolute Gasteiger partial charge is 0.625 e. The molecule has 0 spiro atoms. The van der Waals surface area contributed by atoms with E-state index in [1.54, 1.807) is 0 Å². The predicted molar refractivity (Wildman–Crippen MR) is 39.5 cm³/mol. The molecule has 0 aliphatic heterocycles. The lowest BCUT2D eigenvalue weighted by molar-refractivity contribution is -0.367. The first-order valence-corrected chi connectivity index (χ1v) is 3.16. The van der Waals surface area contributed by atoms with E-state index in [-0.39, 0.29) is 11.3 Å². The van der Waals surface area contributed by atoms with Crippen molar-refractivity contribution in [2.45, 2.75) is 0 Å². The first-order chi connectivity index (χ1) is 5.79. The van der Waals surface area contributed by atoms with Crippen LogP contribution in [0, 0.1) is 5.21 Å². The predicted octanol–water partition coefficient (Wildman–Crippen LogP) is -0.936. The summed E-state index contributed by atoms with van der Waals surface area (Å²) in [6.45, 7) is 0. The molecule has 0 saturated carbocycles. The Kier molecular flexibility index (Phi) is 2.47. The molecule has 5 heteroatoms. The van der Waals surface area contributed by atoms with E-state index in [1.807, 2.05) is 0 Å². The Balaban J connectivity index is 2.98. The van der Waals surface area contributed by atoms with Gasteiger partial charge in [0.2, 0.25) is 12.0 Å². The number of ether oxygens (including phenoxy) is 1. The van der Waals surface area contributed by atoms with Crippen molar-refractivity contribution in [3.8, 4) is 0 Å². The number of nitrogens with one attached hydrogen (secondary N) is 1. The zero-order chi connectivity index (χ0) is 8.97. The molecule has 1 N–H and O–H groups in total. The molecule has 1 heterocycles. The Hall–Kier alpha value is -1.78. The van der Waals surface area contributed by atoms with E-state index in [9.17, 15) is 10.0 Å². The zero-order valence-corrected chi connectivity index (χ0v) is 6.37. The minimum atomic E-state index is -0.537. The summed E-state index contributed by atoms with van der Waals surface area (Å²) in [5.74, 6) is -0.373. The van der Waals surface area contributed by atoms with Crippen LogP contribution < -0.4 is 5.16 Å². The van der Waals surface area contributed by atoms with Gasteiger partial charge in [0.05, 0.1) is 13.4 Å². The molecule has 1 aromatic heterocycles. The average molecular weight is 169 g/mol. The number of rotatable bonds is 2. The summed E-state index contributed by atoms with van der Waals surface area (Å²) in [5.41, 5.74) is 0.223. The van der Waals surface area contributed by atoms with Gasteiger partial charge < -0.3 is 14.4 Å². The third-order valence-corrected chi connectivity index (χ3v) is 1.29. The monoisotopic (exact) mass is 169 g/mol. The topological polar surface area (TPSA) is 76.5 Å². The maximum absolute atomic E-state index is 10.9. The van der Waals surface area contributed by atoms with Crippen LogP contribution in [0.1, 0.15) is 16.1 Å². The summed E-state index contributed by atoms with van der Waals surface area (Å²) in [5, 5.41) is 11.5. The van der Waals surface area contributed by atoms with Crippen LogP contribution in [0.4, 0.5) is 0 Å². The second kappa shape index (κ2) is 3.56.